The van der Waals surface area contributed by atoms with E-state index in [4.69, 9.17) is 19.9 Å². The molecular weight excluding hydrogens is 767 g/mol. The van der Waals surface area contributed by atoms with Gasteiger partial charge in [0.1, 0.15) is 24.5 Å². The van der Waals surface area contributed by atoms with E-state index in [0.717, 1.165) is 81.9 Å². The Balaban J connectivity index is 1.01. The Labute approximate surface area is 353 Å². The van der Waals surface area contributed by atoms with Gasteiger partial charge < -0.3 is 5.32 Å². The summed E-state index contributed by atoms with van der Waals surface area (Å²) in [4.78, 5) is 47.5. The van der Waals surface area contributed by atoms with Crippen molar-refractivity contribution in [2.75, 3.05) is 0 Å². The van der Waals surface area contributed by atoms with E-state index in [2.05, 4.69) is 102 Å². The van der Waals surface area contributed by atoms with Crippen LogP contribution in [0.15, 0.2) is 180 Å². The van der Waals surface area contributed by atoms with Crippen molar-refractivity contribution in [3.8, 4) is 45.7 Å². The fourth-order valence-electron chi connectivity index (χ4n) is 8.31. The molecule has 7 aromatic carbocycles. The number of aromatic nitrogens is 8. The summed E-state index contributed by atoms with van der Waals surface area (Å²) in [5, 5.41) is 11.8. The Kier molecular flexibility index (Phi) is 8.27. The molecule has 290 valence electrons. The summed E-state index contributed by atoms with van der Waals surface area (Å²) in [6.45, 7) is 0. The fourth-order valence-corrected chi connectivity index (χ4v) is 8.31. The SMILES string of the molecule is C1=NC(c2ccccc2)=NC(c2ccc3c4cc(-c5ncnc(-c6ccccc6)n5)ccc4c4cc(-c5ncnc(-c6ccc7ccc8cccnc8c7n6)n5)ccc4c3c2)N1. The molecule has 0 saturated heterocycles. The van der Waals surface area contributed by atoms with E-state index >= 15 is 0 Å². The molecule has 5 heterocycles. The molecular formula is C51H31N11. The standard InChI is InChI=1S/C51H31N11/c1-3-8-32(9-4-1)46-53-27-55-48(60-46)34-15-19-37-40-24-35(49-56-28-54-47(61-49)33-10-5-2-6-11-33)16-20-38(40)42-26-36(17-21-39(42)41(37)25-34)50-57-29-58-51(62-50)43-22-18-31-14-13-30-12-7-23-52-44(30)45(31)59-43/h1-29,48H,(H,53,55,60). The third kappa shape index (κ3) is 6.15. The predicted octanol–water partition coefficient (Wildman–Crippen LogP) is 10.4. The number of nitrogens with one attached hydrogen (secondary N) is 1. The van der Waals surface area contributed by atoms with Crippen molar-refractivity contribution < 1.29 is 0 Å². The van der Waals surface area contributed by atoms with Crippen LogP contribution < -0.4 is 5.32 Å². The molecule has 4 aromatic heterocycles. The van der Waals surface area contributed by atoms with Gasteiger partial charge in [0.2, 0.25) is 0 Å². The molecule has 0 bridgehead atoms. The summed E-state index contributed by atoms with van der Waals surface area (Å²) in [7, 11) is 0. The Morgan fingerprint density at radius 1 is 0.403 bits per heavy atom. The fraction of sp³-hybridized carbons (Fsp3) is 0.0196. The number of benzene rings is 7. The molecule has 11 nitrogen and oxygen atoms in total. The predicted molar refractivity (Wildman–Crippen MR) is 245 cm³/mol. The van der Waals surface area contributed by atoms with Gasteiger partial charge in [-0.15, -0.1) is 0 Å². The number of rotatable bonds is 6. The Morgan fingerprint density at radius 2 is 0.984 bits per heavy atom. The number of hydrogen-bond donors (Lipinski definition) is 1. The van der Waals surface area contributed by atoms with Crippen LogP contribution in [0.5, 0.6) is 0 Å². The van der Waals surface area contributed by atoms with Crippen molar-refractivity contribution in [1.82, 2.24) is 45.2 Å². The number of aliphatic imine (C=N–C) groups is 2. The van der Waals surface area contributed by atoms with Crippen molar-refractivity contribution in [1.29, 1.82) is 0 Å². The molecule has 0 amide bonds. The molecule has 0 spiro atoms. The molecule has 0 radical (unpaired) electrons. The van der Waals surface area contributed by atoms with E-state index in [1.807, 2.05) is 84.9 Å². The first-order chi connectivity index (χ1) is 30.7. The van der Waals surface area contributed by atoms with Crippen molar-refractivity contribution in [3.05, 3.63) is 182 Å². The summed E-state index contributed by atoms with van der Waals surface area (Å²) in [6, 6.07) is 51.4. The van der Waals surface area contributed by atoms with Gasteiger partial charge in [-0.05, 0) is 68.2 Å². The Hall–Kier alpha value is -8.70. The molecule has 1 N–H and O–H groups in total. The first-order valence-corrected chi connectivity index (χ1v) is 20.1. The van der Waals surface area contributed by atoms with Gasteiger partial charge in [-0.2, -0.15) is 0 Å². The molecule has 1 aliphatic rings. The van der Waals surface area contributed by atoms with Crippen molar-refractivity contribution >= 4 is 66.3 Å². The van der Waals surface area contributed by atoms with E-state index in [-0.39, 0.29) is 6.17 Å². The number of hydrogen-bond acceptors (Lipinski definition) is 11. The van der Waals surface area contributed by atoms with Crippen LogP contribution in [0.1, 0.15) is 17.3 Å². The van der Waals surface area contributed by atoms with Gasteiger partial charge in [0.05, 0.1) is 17.4 Å². The second-order valence-corrected chi connectivity index (χ2v) is 15.0. The number of nitrogens with zero attached hydrogens (tertiary/aromatic N) is 10. The highest BCUT2D eigenvalue weighted by Gasteiger charge is 2.19. The van der Waals surface area contributed by atoms with Gasteiger partial charge in [-0.1, -0.05) is 121 Å². The van der Waals surface area contributed by atoms with Crippen molar-refractivity contribution in [2.24, 2.45) is 9.98 Å². The van der Waals surface area contributed by atoms with E-state index in [0.29, 0.717) is 34.8 Å². The number of fused-ring (bicyclic) bond motifs is 9. The highest BCUT2D eigenvalue weighted by Crippen LogP contribution is 2.40. The van der Waals surface area contributed by atoms with Gasteiger partial charge >= 0.3 is 0 Å². The summed E-state index contributed by atoms with van der Waals surface area (Å²) in [5.41, 5.74) is 6.91. The van der Waals surface area contributed by atoms with E-state index < -0.39 is 0 Å². The topological polar surface area (TPSA) is 140 Å². The molecule has 11 aromatic rings. The van der Waals surface area contributed by atoms with E-state index in [1.165, 1.54) is 0 Å². The summed E-state index contributed by atoms with van der Waals surface area (Å²) in [6.07, 6.45) is 6.32. The van der Waals surface area contributed by atoms with Gasteiger partial charge in [-0.3, -0.25) is 4.98 Å². The molecule has 1 unspecified atom stereocenters. The second kappa shape index (κ2) is 14.5. The zero-order valence-electron chi connectivity index (χ0n) is 32.8. The maximum atomic E-state index is 5.03. The second-order valence-electron chi connectivity index (χ2n) is 15.0. The highest BCUT2D eigenvalue weighted by atomic mass is 15.2. The first-order valence-electron chi connectivity index (χ1n) is 20.1. The smallest absolute Gasteiger partial charge is 0.181 e. The average Bonchev–Trinajstić information content (AvgIpc) is 3.36. The van der Waals surface area contributed by atoms with Crippen LogP contribution in [0, 0.1) is 0 Å². The van der Waals surface area contributed by atoms with Crippen LogP contribution >= 0.6 is 0 Å². The minimum atomic E-state index is -0.328. The lowest BCUT2D eigenvalue weighted by Crippen LogP contribution is -2.24. The molecule has 0 fully saturated rings. The summed E-state index contributed by atoms with van der Waals surface area (Å²) in [5.74, 6) is 2.92. The zero-order valence-corrected chi connectivity index (χ0v) is 32.8. The lowest BCUT2D eigenvalue weighted by Gasteiger charge is -2.20. The van der Waals surface area contributed by atoms with Gasteiger partial charge in [-0.25, -0.2) is 44.9 Å². The molecule has 1 atom stereocenters. The molecule has 12 rings (SSSR count). The summed E-state index contributed by atoms with van der Waals surface area (Å²) < 4.78 is 0. The maximum absolute atomic E-state index is 5.03. The monoisotopic (exact) mass is 797 g/mol. The molecule has 11 heteroatoms. The minimum absolute atomic E-state index is 0.328. The summed E-state index contributed by atoms with van der Waals surface area (Å²) >= 11 is 0. The highest BCUT2D eigenvalue weighted by molar-refractivity contribution is 6.26. The minimum Gasteiger partial charge on any atom is -0.351 e. The lowest BCUT2D eigenvalue weighted by molar-refractivity contribution is 0.685. The van der Waals surface area contributed by atoms with Crippen LogP contribution in [0.3, 0.4) is 0 Å². The number of pyridine rings is 2. The lowest BCUT2D eigenvalue weighted by atomic mass is 9.91. The Morgan fingerprint density at radius 3 is 1.69 bits per heavy atom. The van der Waals surface area contributed by atoms with Crippen LogP contribution in [-0.2, 0) is 0 Å². The van der Waals surface area contributed by atoms with Gasteiger partial charge in [0, 0.05) is 39.2 Å². The van der Waals surface area contributed by atoms with Crippen LogP contribution in [-0.4, -0.2) is 52.0 Å². The zero-order chi connectivity index (χ0) is 41.0. The van der Waals surface area contributed by atoms with Crippen LogP contribution in [0.2, 0.25) is 0 Å². The molecule has 0 aliphatic carbocycles. The largest absolute Gasteiger partial charge is 0.351 e. The van der Waals surface area contributed by atoms with Crippen molar-refractivity contribution in [3.63, 3.8) is 0 Å². The Bertz CT molecular complexity index is 3630. The molecule has 62 heavy (non-hydrogen) atoms. The van der Waals surface area contributed by atoms with E-state index in [1.54, 1.807) is 25.2 Å². The third-order valence-electron chi connectivity index (χ3n) is 11.3. The van der Waals surface area contributed by atoms with Crippen molar-refractivity contribution in [2.45, 2.75) is 6.17 Å². The quantitative estimate of drug-likeness (QED) is 0.163. The molecule has 0 saturated carbocycles. The number of amidine groups is 1. The average molecular weight is 798 g/mol. The maximum Gasteiger partial charge on any atom is 0.181 e. The van der Waals surface area contributed by atoms with Crippen LogP contribution in [0.4, 0.5) is 0 Å². The van der Waals surface area contributed by atoms with Crippen LogP contribution in [0.25, 0.3) is 99.8 Å². The van der Waals surface area contributed by atoms with Gasteiger partial charge in [0.25, 0.3) is 0 Å². The first kappa shape index (κ1) is 35.3. The van der Waals surface area contributed by atoms with Gasteiger partial charge in [0.15, 0.2) is 29.1 Å². The van der Waals surface area contributed by atoms with E-state index in [9.17, 15) is 0 Å². The molecule has 1 aliphatic heterocycles. The normalized spacial score (nSPS) is 13.8. The third-order valence-corrected chi connectivity index (χ3v) is 11.3.